The number of halogens is 2. The van der Waals surface area contributed by atoms with Crippen molar-refractivity contribution in [1.82, 2.24) is 29.9 Å². The van der Waals surface area contributed by atoms with Crippen molar-refractivity contribution in [2.75, 3.05) is 19.0 Å². The Morgan fingerprint density at radius 3 is 2.94 bits per heavy atom. The minimum Gasteiger partial charge on any atom is -0.441 e. The fourth-order valence-corrected chi connectivity index (χ4v) is 5.11. The summed E-state index contributed by atoms with van der Waals surface area (Å²) >= 11 is 6.14. The van der Waals surface area contributed by atoms with Crippen molar-refractivity contribution in [1.29, 1.82) is 0 Å². The third-order valence-electron chi connectivity index (χ3n) is 6.66. The van der Waals surface area contributed by atoms with E-state index in [0.717, 1.165) is 25.2 Å². The number of fused-ring (bicyclic) bond motifs is 1. The number of anilines is 2. The Bertz CT molecular complexity index is 1230. The molecular formula is C21H23ClFN7O4. The summed E-state index contributed by atoms with van der Waals surface area (Å²) in [6.07, 6.45) is 0.663. The number of imidazole rings is 1. The molecule has 1 amide bonds. The molecule has 180 valence electrons. The summed E-state index contributed by atoms with van der Waals surface area (Å²) in [5.41, 5.74) is 1.58. The number of H-pyrrole nitrogens is 1. The van der Waals surface area contributed by atoms with E-state index in [-0.39, 0.29) is 17.3 Å². The minimum absolute atomic E-state index is 0.0373. The Hall–Kier alpha value is -2.96. The lowest BCUT2D eigenvalue weighted by Crippen LogP contribution is -2.68. The van der Waals surface area contributed by atoms with Crippen molar-refractivity contribution in [3.63, 3.8) is 0 Å². The molecule has 0 spiro atoms. The summed E-state index contributed by atoms with van der Waals surface area (Å²) in [6.45, 7) is 0.301. The standard InChI is InChI=1S/C21H23ClFN7O4/c1-32-8-11-7-30-16(24-11)3-14(22)25-19(30)26-15-2-12(28-29-15)18-17(23)13(9-33-18)34-20(31)27-21-4-10(5-21)6-21/h2-3,7,10,13,17-18H,4-6,8-9H2,1H3,(H,27,31)(H2,25,26,28,29)/t10?,13-,17+,18-,21?/m1/s1. The molecule has 4 aliphatic rings. The van der Waals surface area contributed by atoms with Crippen LogP contribution in [-0.2, 0) is 20.8 Å². The van der Waals surface area contributed by atoms with Gasteiger partial charge in [0.05, 0.1) is 24.6 Å². The van der Waals surface area contributed by atoms with E-state index in [9.17, 15) is 4.79 Å². The Labute approximate surface area is 198 Å². The number of methoxy groups -OCH3 is 1. The molecule has 3 atom stereocenters. The maximum atomic E-state index is 15.1. The van der Waals surface area contributed by atoms with Crippen LogP contribution in [0, 0.1) is 5.92 Å². The number of carbonyl (C=O) groups is 1. The molecule has 7 rings (SSSR count). The van der Waals surface area contributed by atoms with Crippen LogP contribution in [0.1, 0.15) is 36.8 Å². The fourth-order valence-electron chi connectivity index (χ4n) is 4.93. The summed E-state index contributed by atoms with van der Waals surface area (Å²) in [6, 6.07) is 3.25. The van der Waals surface area contributed by atoms with E-state index in [4.69, 9.17) is 25.8 Å². The molecule has 4 heterocycles. The van der Waals surface area contributed by atoms with Gasteiger partial charge in [-0.15, -0.1) is 0 Å². The van der Waals surface area contributed by atoms with Gasteiger partial charge in [-0.3, -0.25) is 9.50 Å². The highest BCUT2D eigenvalue weighted by molar-refractivity contribution is 6.29. The largest absolute Gasteiger partial charge is 0.441 e. The Morgan fingerprint density at radius 2 is 2.21 bits per heavy atom. The maximum absolute atomic E-state index is 15.1. The normalized spacial score (nSPS) is 29.5. The molecule has 3 N–H and O–H groups in total. The molecule has 11 nitrogen and oxygen atoms in total. The monoisotopic (exact) mass is 491 g/mol. The lowest BCUT2D eigenvalue weighted by molar-refractivity contribution is -0.0528. The third-order valence-corrected chi connectivity index (χ3v) is 6.85. The summed E-state index contributed by atoms with van der Waals surface area (Å²) in [5, 5.41) is 13.2. The highest BCUT2D eigenvalue weighted by atomic mass is 35.5. The molecule has 0 unspecified atom stereocenters. The summed E-state index contributed by atoms with van der Waals surface area (Å²) < 4.78 is 32.8. The first kappa shape index (κ1) is 21.6. The van der Waals surface area contributed by atoms with Gasteiger partial charge in [-0.2, -0.15) is 5.10 Å². The van der Waals surface area contributed by atoms with Crippen LogP contribution in [0.15, 0.2) is 18.3 Å². The highest BCUT2D eigenvalue weighted by Crippen LogP contribution is 2.57. The average molecular weight is 492 g/mol. The van der Waals surface area contributed by atoms with E-state index in [0.29, 0.717) is 35.4 Å². The second-order valence-corrected chi connectivity index (χ2v) is 9.54. The number of rotatable bonds is 7. The SMILES string of the molecule is COCc1cn2c(Nc3cc([C@H]4OC[C@@H](OC(=O)NC56CC(C5)C6)[C@@H]4F)[nH]n3)nc(Cl)cc2n1. The molecule has 34 heavy (non-hydrogen) atoms. The Morgan fingerprint density at radius 1 is 1.38 bits per heavy atom. The first-order valence-corrected chi connectivity index (χ1v) is 11.4. The van der Waals surface area contributed by atoms with Gasteiger partial charge < -0.3 is 24.8 Å². The molecule has 2 bridgehead atoms. The van der Waals surface area contributed by atoms with Crippen LogP contribution in [0.5, 0.6) is 0 Å². The van der Waals surface area contributed by atoms with Gasteiger partial charge in [0.25, 0.3) is 0 Å². The van der Waals surface area contributed by atoms with E-state index in [1.165, 1.54) is 0 Å². The van der Waals surface area contributed by atoms with E-state index >= 15 is 4.39 Å². The van der Waals surface area contributed by atoms with Crippen LogP contribution < -0.4 is 10.6 Å². The van der Waals surface area contributed by atoms with Crippen LogP contribution in [0.2, 0.25) is 5.15 Å². The highest BCUT2D eigenvalue weighted by Gasteiger charge is 2.58. The van der Waals surface area contributed by atoms with Crippen LogP contribution >= 0.6 is 11.6 Å². The Kier molecular flexibility index (Phi) is 5.12. The van der Waals surface area contributed by atoms with Gasteiger partial charge in [0.2, 0.25) is 5.95 Å². The van der Waals surface area contributed by atoms with Crippen molar-refractivity contribution in [2.45, 2.75) is 49.8 Å². The zero-order chi connectivity index (χ0) is 23.4. The average Bonchev–Trinajstić information content (AvgIpc) is 3.44. The lowest BCUT2D eigenvalue weighted by atomic mass is 9.50. The van der Waals surface area contributed by atoms with Gasteiger partial charge in [0, 0.05) is 31.0 Å². The molecule has 3 aromatic rings. The minimum atomic E-state index is -1.53. The van der Waals surface area contributed by atoms with E-state index in [2.05, 4.69) is 30.8 Å². The number of aromatic nitrogens is 5. The van der Waals surface area contributed by atoms with Crippen molar-refractivity contribution in [3.8, 4) is 0 Å². The summed E-state index contributed by atoms with van der Waals surface area (Å²) in [5.74, 6) is 1.48. The van der Waals surface area contributed by atoms with Crippen LogP contribution in [0.3, 0.4) is 0 Å². The van der Waals surface area contributed by atoms with E-state index in [1.807, 2.05) is 0 Å². The molecule has 3 saturated carbocycles. The molecule has 1 aliphatic heterocycles. The van der Waals surface area contributed by atoms with Gasteiger partial charge in [0.15, 0.2) is 18.1 Å². The number of amides is 1. The molecule has 3 aliphatic carbocycles. The number of alkyl carbamates (subject to hydrolysis) is 1. The zero-order valence-corrected chi connectivity index (χ0v) is 19.0. The van der Waals surface area contributed by atoms with E-state index in [1.54, 1.807) is 29.8 Å². The van der Waals surface area contributed by atoms with Crippen LogP contribution in [0.4, 0.5) is 21.0 Å². The number of nitrogens with one attached hydrogen (secondary N) is 3. The second-order valence-electron chi connectivity index (χ2n) is 9.16. The topological polar surface area (TPSA) is 128 Å². The number of aromatic amines is 1. The van der Waals surface area contributed by atoms with Crippen LogP contribution in [-0.4, -0.2) is 62.2 Å². The van der Waals surface area contributed by atoms with E-state index < -0.39 is 24.5 Å². The summed E-state index contributed by atoms with van der Waals surface area (Å²) in [4.78, 5) is 20.9. The van der Waals surface area contributed by atoms with Crippen molar-refractivity contribution in [3.05, 3.63) is 34.9 Å². The molecular weight excluding hydrogens is 469 g/mol. The molecule has 13 heteroatoms. The fraction of sp³-hybridized carbons (Fsp3) is 0.524. The van der Waals surface area contributed by atoms with Gasteiger partial charge >= 0.3 is 6.09 Å². The first-order chi connectivity index (χ1) is 16.4. The molecule has 3 aromatic heterocycles. The first-order valence-electron chi connectivity index (χ1n) is 11.0. The van der Waals surface area contributed by atoms with Gasteiger partial charge in [0.1, 0.15) is 16.9 Å². The second kappa shape index (κ2) is 8.07. The number of alkyl halides is 1. The number of hydrogen-bond acceptors (Lipinski definition) is 8. The lowest BCUT2D eigenvalue weighted by Gasteiger charge is -2.61. The van der Waals surface area contributed by atoms with Crippen molar-refractivity contribution in [2.24, 2.45) is 5.92 Å². The quantitative estimate of drug-likeness (QED) is 0.430. The van der Waals surface area contributed by atoms with Gasteiger partial charge in [-0.25, -0.2) is 19.2 Å². The van der Waals surface area contributed by atoms with Crippen molar-refractivity contribution < 1.29 is 23.4 Å². The number of ether oxygens (including phenoxy) is 3. The van der Waals surface area contributed by atoms with Crippen molar-refractivity contribution >= 4 is 35.1 Å². The molecule has 0 radical (unpaired) electrons. The Balaban J connectivity index is 1.12. The smallest absolute Gasteiger partial charge is 0.408 e. The molecule has 1 saturated heterocycles. The predicted octanol–water partition coefficient (Wildman–Crippen LogP) is 3.05. The van der Waals surface area contributed by atoms with Gasteiger partial charge in [-0.05, 0) is 25.2 Å². The number of hydrogen-bond donors (Lipinski definition) is 3. The number of nitrogens with zero attached hydrogens (tertiary/aromatic N) is 4. The maximum Gasteiger partial charge on any atom is 0.408 e. The predicted molar refractivity (Wildman–Crippen MR) is 118 cm³/mol. The number of carbonyl (C=O) groups excluding carboxylic acids is 1. The van der Waals surface area contributed by atoms with Gasteiger partial charge in [-0.1, -0.05) is 11.6 Å². The summed E-state index contributed by atoms with van der Waals surface area (Å²) in [7, 11) is 1.58. The third kappa shape index (κ3) is 3.75. The zero-order valence-electron chi connectivity index (χ0n) is 18.3. The molecule has 0 aromatic carbocycles. The van der Waals surface area contributed by atoms with Crippen LogP contribution in [0.25, 0.3) is 5.65 Å². The molecule has 4 fully saturated rings.